The normalized spacial score (nSPS) is 18.2. The topological polar surface area (TPSA) is 44.7 Å². The van der Waals surface area contributed by atoms with Crippen molar-refractivity contribution in [2.45, 2.75) is 33.7 Å². The number of ether oxygens (including phenoxy) is 1. The van der Waals surface area contributed by atoms with Gasteiger partial charge in [-0.25, -0.2) is 0 Å². The monoisotopic (exact) mass is 370 g/mol. The minimum atomic E-state index is 0.0945. The zero-order chi connectivity index (χ0) is 16.3. The van der Waals surface area contributed by atoms with Crippen LogP contribution in [0.3, 0.4) is 0 Å². The number of benzene rings is 1. The molecule has 2 rings (SSSR count). The summed E-state index contributed by atoms with van der Waals surface area (Å²) in [6.45, 7) is 13.4. The van der Waals surface area contributed by atoms with Crippen molar-refractivity contribution in [3.05, 3.63) is 22.2 Å². The molecule has 1 fully saturated rings. The molecule has 1 aromatic rings. The number of halogens is 1. The lowest BCUT2D eigenvalue weighted by Gasteiger charge is -2.42. The van der Waals surface area contributed by atoms with Crippen LogP contribution in [-0.4, -0.2) is 42.8 Å². The molecule has 1 atom stereocenters. The van der Waals surface area contributed by atoms with Gasteiger partial charge in [-0.05, 0) is 46.0 Å². The first-order valence-corrected chi connectivity index (χ1v) is 8.74. The summed E-state index contributed by atoms with van der Waals surface area (Å²) in [5.41, 5.74) is 1.28. The fourth-order valence-electron chi connectivity index (χ4n) is 3.22. The number of piperazine rings is 1. The number of aromatic hydroxyl groups is 1. The molecule has 0 saturated carbocycles. The highest BCUT2D eigenvalue weighted by molar-refractivity contribution is 9.10. The van der Waals surface area contributed by atoms with Gasteiger partial charge in [0.1, 0.15) is 0 Å². The zero-order valence-corrected chi connectivity index (χ0v) is 15.5. The van der Waals surface area contributed by atoms with Crippen LogP contribution in [0.25, 0.3) is 0 Å². The van der Waals surface area contributed by atoms with Gasteiger partial charge in [-0.3, -0.25) is 4.90 Å². The fraction of sp³-hybridized carbons (Fsp3) is 0.647. The molecule has 1 aliphatic heterocycles. The second-order valence-electron chi connectivity index (χ2n) is 6.84. The van der Waals surface area contributed by atoms with Crippen LogP contribution in [0, 0.1) is 5.41 Å². The molecule has 1 aromatic carbocycles. The average molecular weight is 371 g/mol. The smallest absolute Gasteiger partial charge is 0.172 e. The highest BCUT2D eigenvalue weighted by Gasteiger charge is 2.33. The van der Waals surface area contributed by atoms with E-state index in [0.717, 1.165) is 26.2 Å². The van der Waals surface area contributed by atoms with Gasteiger partial charge >= 0.3 is 0 Å². The minimum Gasteiger partial charge on any atom is -0.503 e. The number of hydrogen-bond donors (Lipinski definition) is 2. The van der Waals surface area contributed by atoms with Crippen LogP contribution in [0.4, 0.5) is 0 Å². The van der Waals surface area contributed by atoms with Gasteiger partial charge in [-0.1, -0.05) is 20.8 Å². The molecule has 1 aliphatic rings. The van der Waals surface area contributed by atoms with Crippen molar-refractivity contribution in [2.24, 2.45) is 5.41 Å². The van der Waals surface area contributed by atoms with Crippen LogP contribution in [0.15, 0.2) is 16.6 Å². The maximum absolute atomic E-state index is 10.2. The molecule has 1 heterocycles. The van der Waals surface area contributed by atoms with Crippen LogP contribution < -0.4 is 10.1 Å². The van der Waals surface area contributed by atoms with Gasteiger partial charge in [0.15, 0.2) is 11.5 Å². The van der Waals surface area contributed by atoms with Crippen LogP contribution >= 0.6 is 15.9 Å². The molecule has 22 heavy (non-hydrogen) atoms. The molecule has 1 saturated heterocycles. The van der Waals surface area contributed by atoms with Gasteiger partial charge < -0.3 is 15.2 Å². The fourth-order valence-corrected chi connectivity index (χ4v) is 3.68. The molecular weight excluding hydrogens is 344 g/mol. The first-order chi connectivity index (χ1) is 10.3. The third kappa shape index (κ3) is 3.94. The SMILES string of the molecule is CCOc1cc([C@H](N2CCNCC2)C(C)(C)C)cc(Br)c1O. The Balaban J connectivity index is 2.42. The Kier molecular flexibility index (Phi) is 5.75. The largest absolute Gasteiger partial charge is 0.503 e. The highest BCUT2D eigenvalue weighted by atomic mass is 79.9. The van der Waals surface area contributed by atoms with E-state index in [1.807, 2.05) is 19.1 Å². The summed E-state index contributed by atoms with van der Waals surface area (Å²) in [5.74, 6) is 0.731. The predicted molar refractivity (Wildman–Crippen MR) is 93.6 cm³/mol. The maximum Gasteiger partial charge on any atom is 0.172 e. The lowest BCUT2D eigenvalue weighted by Crippen LogP contribution is -2.48. The van der Waals surface area contributed by atoms with E-state index in [0.29, 0.717) is 16.8 Å². The van der Waals surface area contributed by atoms with E-state index in [-0.39, 0.29) is 17.2 Å². The molecule has 0 radical (unpaired) electrons. The maximum atomic E-state index is 10.2. The molecule has 4 nitrogen and oxygen atoms in total. The molecule has 0 amide bonds. The molecule has 5 heteroatoms. The van der Waals surface area contributed by atoms with Gasteiger partial charge in [0.2, 0.25) is 0 Å². The van der Waals surface area contributed by atoms with Crippen molar-refractivity contribution in [3.63, 3.8) is 0 Å². The minimum absolute atomic E-state index is 0.0945. The standard InChI is InChI=1S/C17H27BrN2O2/c1-5-22-14-11-12(10-13(18)15(14)21)16(17(2,3)4)20-8-6-19-7-9-20/h10-11,16,19,21H,5-9H2,1-4H3/t16-/m0/s1. The van der Waals surface area contributed by atoms with Crippen molar-refractivity contribution in [1.82, 2.24) is 10.2 Å². The Hall–Kier alpha value is -0.780. The molecule has 0 aliphatic carbocycles. The van der Waals surface area contributed by atoms with Gasteiger partial charge in [0, 0.05) is 32.2 Å². The van der Waals surface area contributed by atoms with E-state index >= 15 is 0 Å². The zero-order valence-electron chi connectivity index (χ0n) is 13.9. The number of nitrogens with zero attached hydrogens (tertiary/aromatic N) is 1. The summed E-state index contributed by atoms with van der Waals surface area (Å²) in [6.07, 6.45) is 0. The van der Waals surface area contributed by atoms with E-state index in [1.54, 1.807) is 0 Å². The summed E-state index contributed by atoms with van der Waals surface area (Å²) in [6, 6.07) is 4.29. The molecule has 124 valence electrons. The third-order valence-electron chi connectivity index (χ3n) is 4.00. The number of nitrogens with one attached hydrogen (secondary N) is 1. The first kappa shape index (κ1) is 17.6. The van der Waals surface area contributed by atoms with Crippen molar-refractivity contribution >= 4 is 15.9 Å². The average Bonchev–Trinajstić information content (AvgIpc) is 2.44. The molecule has 0 unspecified atom stereocenters. The van der Waals surface area contributed by atoms with Crippen LogP contribution in [-0.2, 0) is 0 Å². The van der Waals surface area contributed by atoms with Crippen LogP contribution in [0.5, 0.6) is 11.5 Å². The predicted octanol–water partition coefficient (Wildman–Crippen LogP) is 3.55. The third-order valence-corrected chi connectivity index (χ3v) is 4.61. The Morgan fingerprint density at radius 2 is 1.95 bits per heavy atom. The Labute approximate surface area is 142 Å². The molecular formula is C17H27BrN2O2. The highest BCUT2D eigenvalue weighted by Crippen LogP contribution is 2.43. The Morgan fingerprint density at radius 3 is 2.50 bits per heavy atom. The van der Waals surface area contributed by atoms with E-state index in [1.165, 1.54) is 5.56 Å². The summed E-state index contributed by atoms with van der Waals surface area (Å²) >= 11 is 3.47. The number of phenols is 1. The van der Waals surface area contributed by atoms with Crippen molar-refractivity contribution in [3.8, 4) is 11.5 Å². The van der Waals surface area contributed by atoms with Crippen LogP contribution in [0.2, 0.25) is 0 Å². The molecule has 0 bridgehead atoms. The van der Waals surface area contributed by atoms with Gasteiger partial charge in [0.05, 0.1) is 11.1 Å². The lowest BCUT2D eigenvalue weighted by atomic mass is 9.81. The summed E-state index contributed by atoms with van der Waals surface area (Å²) in [5, 5.41) is 13.6. The van der Waals surface area contributed by atoms with Crippen molar-refractivity contribution in [2.75, 3.05) is 32.8 Å². The molecule has 2 N–H and O–H groups in total. The summed E-state index contributed by atoms with van der Waals surface area (Å²) in [7, 11) is 0. The second kappa shape index (κ2) is 7.20. The second-order valence-corrected chi connectivity index (χ2v) is 7.69. The van der Waals surface area contributed by atoms with E-state index < -0.39 is 0 Å². The summed E-state index contributed by atoms with van der Waals surface area (Å²) < 4.78 is 6.29. The van der Waals surface area contributed by atoms with E-state index in [2.05, 4.69) is 46.9 Å². The van der Waals surface area contributed by atoms with Gasteiger partial charge in [0.25, 0.3) is 0 Å². The number of rotatable bonds is 4. The quantitative estimate of drug-likeness (QED) is 0.850. The van der Waals surface area contributed by atoms with Gasteiger partial charge in [-0.15, -0.1) is 0 Å². The summed E-state index contributed by atoms with van der Waals surface area (Å²) in [4.78, 5) is 2.52. The van der Waals surface area contributed by atoms with E-state index in [9.17, 15) is 5.11 Å². The number of phenolic OH excluding ortho intramolecular Hbond substituents is 1. The lowest BCUT2D eigenvalue weighted by molar-refractivity contribution is 0.0859. The first-order valence-electron chi connectivity index (χ1n) is 7.94. The Morgan fingerprint density at radius 1 is 1.32 bits per heavy atom. The Bertz CT molecular complexity index is 508. The van der Waals surface area contributed by atoms with Crippen LogP contribution in [0.1, 0.15) is 39.3 Å². The van der Waals surface area contributed by atoms with Gasteiger partial charge in [-0.2, -0.15) is 0 Å². The molecule has 0 spiro atoms. The number of hydrogen-bond acceptors (Lipinski definition) is 4. The molecule has 0 aromatic heterocycles. The van der Waals surface area contributed by atoms with Crippen molar-refractivity contribution < 1.29 is 9.84 Å². The van der Waals surface area contributed by atoms with Crippen molar-refractivity contribution in [1.29, 1.82) is 0 Å². The van der Waals surface area contributed by atoms with E-state index in [4.69, 9.17) is 4.74 Å².